The minimum absolute atomic E-state index is 0.195. The highest BCUT2D eigenvalue weighted by molar-refractivity contribution is 7.21. The van der Waals surface area contributed by atoms with Gasteiger partial charge in [0.15, 0.2) is 0 Å². The van der Waals surface area contributed by atoms with E-state index >= 15 is 0 Å². The van der Waals surface area contributed by atoms with Crippen molar-refractivity contribution in [1.29, 1.82) is 0 Å². The molecule has 6 heteroatoms. The summed E-state index contributed by atoms with van der Waals surface area (Å²) in [5.74, 6) is -0.978. The summed E-state index contributed by atoms with van der Waals surface area (Å²) in [5, 5.41) is 14.2. The summed E-state index contributed by atoms with van der Waals surface area (Å²) in [5.41, 5.74) is 1.50. The highest BCUT2D eigenvalue weighted by Crippen LogP contribution is 2.31. The third kappa shape index (κ3) is 2.00. The van der Waals surface area contributed by atoms with E-state index in [1.54, 1.807) is 10.9 Å². The Bertz CT molecular complexity index is 727. The van der Waals surface area contributed by atoms with Gasteiger partial charge in [-0.25, -0.2) is 9.78 Å². The number of aromatic nitrogens is 3. The highest BCUT2D eigenvalue weighted by Gasteiger charge is 2.19. The first-order chi connectivity index (χ1) is 9.19. The molecule has 1 aromatic carbocycles. The molecule has 19 heavy (non-hydrogen) atoms. The van der Waals surface area contributed by atoms with Gasteiger partial charge in [-0.1, -0.05) is 12.1 Å². The average molecular weight is 273 g/mol. The number of thiazole rings is 1. The molecule has 1 N–H and O–H groups in total. The van der Waals surface area contributed by atoms with Crippen LogP contribution in [0.25, 0.3) is 20.9 Å². The van der Waals surface area contributed by atoms with Crippen LogP contribution in [-0.2, 0) is 6.54 Å². The average Bonchev–Trinajstić information content (AvgIpc) is 3.02. The maximum absolute atomic E-state index is 11.3. The lowest BCUT2D eigenvalue weighted by Crippen LogP contribution is -1.96. The minimum atomic E-state index is -0.978. The van der Waals surface area contributed by atoms with Crippen LogP contribution in [0.3, 0.4) is 0 Å². The molecule has 0 atom stereocenters. The van der Waals surface area contributed by atoms with Gasteiger partial charge < -0.3 is 5.11 Å². The van der Waals surface area contributed by atoms with Crippen molar-refractivity contribution in [1.82, 2.24) is 14.8 Å². The second kappa shape index (κ2) is 4.47. The Hall–Kier alpha value is -2.21. The predicted octanol–water partition coefficient (Wildman–Crippen LogP) is 2.88. The van der Waals surface area contributed by atoms with Gasteiger partial charge in [-0.3, -0.25) is 4.68 Å². The normalized spacial score (nSPS) is 11.0. The molecule has 0 spiro atoms. The third-order valence-electron chi connectivity index (χ3n) is 2.81. The summed E-state index contributed by atoms with van der Waals surface area (Å²) in [6.07, 6.45) is 1.55. The number of para-hydroxylation sites is 1. The lowest BCUT2D eigenvalue weighted by Gasteiger charge is -1.92. The van der Waals surface area contributed by atoms with Crippen molar-refractivity contribution >= 4 is 27.5 Å². The number of carboxylic acid groups (broad SMARTS) is 1. The maximum Gasteiger partial charge on any atom is 0.339 e. The Labute approximate surface area is 113 Å². The number of hydrogen-bond acceptors (Lipinski definition) is 4. The number of carbonyl (C=O) groups is 1. The monoisotopic (exact) mass is 273 g/mol. The Balaban J connectivity index is 2.19. The van der Waals surface area contributed by atoms with Crippen LogP contribution >= 0.6 is 11.3 Å². The first kappa shape index (κ1) is 11.9. The van der Waals surface area contributed by atoms with E-state index in [1.165, 1.54) is 11.3 Å². The van der Waals surface area contributed by atoms with Crippen LogP contribution in [0.15, 0.2) is 30.5 Å². The zero-order valence-corrected chi connectivity index (χ0v) is 11.0. The first-order valence-electron chi connectivity index (χ1n) is 5.85. The number of aromatic carboxylic acids is 1. The van der Waals surface area contributed by atoms with Crippen LogP contribution in [-0.4, -0.2) is 25.8 Å². The van der Waals surface area contributed by atoms with Crippen molar-refractivity contribution in [2.75, 3.05) is 0 Å². The number of fused-ring (bicyclic) bond motifs is 1. The highest BCUT2D eigenvalue weighted by atomic mass is 32.1. The van der Waals surface area contributed by atoms with E-state index in [4.69, 9.17) is 0 Å². The van der Waals surface area contributed by atoms with Crippen molar-refractivity contribution in [3.63, 3.8) is 0 Å². The predicted molar refractivity (Wildman–Crippen MR) is 73.5 cm³/mol. The zero-order chi connectivity index (χ0) is 13.4. The fourth-order valence-corrected chi connectivity index (χ4v) is 2.84. The third-order valence-corrected chi connectivity index (χ3v) is 3.86. The second-order valence-electron chi connectivity index (χ2n) is 4.04. The van der Waals surface area contributed by atoms with Gasteiger partial charge in [0.05, 0.1) is 10.2 Å². The van der Waals surface area contributed by atoms with Crippen LogP contribution < -0.4 is 0 Å². The summed E-state index contributed by atoms with van der Waals surface area (Å²) in [4.78, 5) is 15.7. The van der Waals surface area contributed by atoms with Gasteiger partial charge in [-0.2, -0.15) is 5.10 Å². The van der Waals surface area contributed by atoms with Gasteiger partial charge in [-0.15, -0.1) is 11.3 Å². The Kier molecular flexibility index (Phi) is 2.79. The van der Waals surface area contributed by atoms with Crippen LogP contribution in [0.5, 0.6) is 0 Å². The molecule has 0 amide bonds. The largest absolute Gasteiger partial charge is 0.478 e. The first-order valence-corrected chi connectivity index (χ1v) is 6.67. The van der Waals surface area contributed by atoms with Crippen LogP contribution in [0.2, 0.25) is 0 Å². The molecular formula is C13H11N3O2S. The van der Waals surface area contributed by atoms with Gasteiger partial charge >= 0.3 is 5.97 Å². The number of aryl methyl sites for hydroxylation is 1. The summed E-state index contributed by atoms with van der Waals surface area (Å²) in [7, 11) is 0. The zero-order valence-electron chi connectivity index (χ0n) is 10.2. The van der Waals surface area contributed by atoms with Crippen molar-refractivity contribution in [3.8, 4) is 10.7 Å². The van der Waals surface area contributed by atoms with Gasteiger partial charge in [0.25, 0.3) is 0 Å². The Morgan fingerprint density at radius 1 is 1.42 bits per heavy atom. The standard InChI is InChI=1S/C13H11N3O2S/c1-2-16-7-8(13(17)18)11(15-16)12-14-9-5-3-4-6-10(9)19-12/h3-7H,2H2,1H3,(H,17,18). The SMILES string of the molecule is CCn1cc(C(=O)O)c(-c2nc3ccccc3s2)n1. The quantitative estimate of drug-likeness (QED) is 0.796. The molecule has 0 radical (unpaired) electrons. The molecule has 3 rings (SSSR count). The molecule has 0 aliphatic heterocycles. The summed E-state index contributed by atoms with van der Waals surface area (Å²) in [6.45, 7) is 2.55. The smallest absolute Gasteiger partial charge is 0.339 e. The van der Waals surface area contributed by atoms with Crippen molar-refractivity contribution in [3.05, 3.63) is 36.0 Å². The molecule has 0 aliphatic rings. The summed E-state index contributed by atoms with van der Waals surface area (Å²) in [6, 6.07) is 7.72. The van der Waals surface area contributed by atoms with Crippen LogP contribution in [0, 0.1) is 0 Å². The molecule has 0 saturated heterocycles. The van der Waals surface area contributed by atoms with E-state index < -0.39 is 5.97 Å². The molecule has 0 aliphatic carbocycles. The lowest BCUT2D eigenvalue weighted by molar-refractivity contribution is 0.0697. The van der Waals surface area contributed by atoms with Crippen LogP contribution in [0.1, 0.15) is 17.3 Å². The van der Waals surface area contributed by atoms with Gasteiger partial charge in [0, 0.05) is 12.7 Å². The maximum atomic E-state index is 11.3. The van der Waals surface area contributed by atoms with Crippen molar-refractivity contribution in [2.45, 2.75) is 13.5 Å². The molecule has 2 heterocycles. The van der Waals surface area contributed by atoms with E-state index in [2.05, 4.69) is 10.1 Å². The summed E-state index contributed by atoms with van der Waals surface area (Å²) < 4.78 is 2.64. The van der Waals surface area contributed by atoms with Gasteiger partial charge in [-0.05, 0) is 19.1 Å². The summed E-state index contributed by atoms with van der Waals surface area (Å²) >= 11 is 1.46. The molecule has 0 bridgehead atoms. The topological polar surface area (TPSA) is 68.0 Å². The van der Waals surface area contributed by atoms with E-state index in [-0.39, 0.29) is 5.56 Å². The molecule has 2 aromatic heterocycles. The number of rotatable bonds is 3. The van der Waals surface area contributed by atoms with Gasteiger partial charge in [0.1, 0.15) is 16.3 Å². The number of hydrogen-bond donors (Lipinski definition) is 1. The van der Waals surface area contributed by atoms with E-state index in [1.807, 2.05) is 31.2 Å². The second-order valence-corrected chi connectivity index (χ2v) is 5.07. The van der Waals surface area contributed by atoms with E-state index in [0.29, 0.717) is 17.2 Å². The van der Waals surface area contributed by atoms with Crippen molar-refractivity contribution < 1.29 is 9.90 Å². The molecular weight excluding hydrogens is 262 g/mol. The van der Waals surface area contributed by atoms with Crippen molar-refractivity contribution in [2.24, 2.45) is 0 Å². The fraction of sp³-hybridized carbons (Fsp3) is 0.154. The van der Waals surface area contributed by atoms with E-state index in [9.17, 15) is 9.90 Å². The molecule has 0 unspecified atom stereocenters. The molecule has 0 saturated carbocycles. The van der Waals surface area contributed by atoms with E-state index in [0.717, 1.165) is 10.2 Å². The Morgan fingerprint density at radius 2 is 2.21 bits per heavy atom. The number of benzene rings is 1. The molecule has 0 fully saturated rings. The van der Waals surface area contributed by atoms with Crippen LogP contribution in [0.4, 0.5) is 0 Å². The number of nitrogens with zero attached hydrogens (tertiary/aromatic N) is 3. The molecule has 96 valence electrons. The molecule has 3 aromatic rings. The minimum Gasteiger partial charge on any atom is -0.478 e. The number of carboxylic acids is 1. The Morgan fingerprint density at radius 3 is 2.89 bits per heavy atom. The van der Waals surface area contributed by atoms with Gasteiger partial charge in [0.2, 0.25) is 0 Å². The lowest BCUT2D eigenvalue weighted by atomic mass is 10.2. The molecule has 5 nitrogen and oxygen atoms in total. The fourth-order valence-electron chi connectivity index (χ4n) is 1.87.